The van der Waals surface area contributed by atoms with Crippen LogP contribution in [0, 0.1) is 0 Å². The Morgan fingerprint density at radius 2 is 2.00 bits per heavy atom. The molecule has 0 spiro atoms. The average Bonchev–Trinajstić information content (AvgIpc) is 2.38. The van der Waals surface area contributed by atoms with E-state index in [9.17, 15) is 0 Å². The highest BCUT2D eigenvalue weighted by molar-refractivity contribution is 9.10. The van der Waals surface area contributed by atoms with Gasteiger partial charge in [0.15, 0.2) is 11.5 Å². The largest absolute Gasteiger partial charge is 0.493 e. The number of halogens is 1. The van der Waals surface area contributed by atoms with Crippen LogP contribution in [0.3, 0.4) is 0 Å². The maximum atomic E-state index is 6.06. The maximum absolute atomic E-state index is 6.06. The molecule has 1 aliphatic carbocycles. The summed E-state index contributed by atoms with van der Waals surface area (Å²) >= 11 is 3.70. The van der Waals surface area contributed by atoms with Crippen LogP contribution < -0.4 is 15.2 Å². The quantitative estimate of drug-likeness (QED) is 0.901. The molecule has 4 heteroatoms. The molecule has 3 nitrogen and oxygen atoms in total. The second-order valence-corrected chi connectivity index (χ2v) is 5.99. The van der Waals surface area contributed by atoms with Gasteiger partial charge in [0.1, 0.15) is 0 Å². The van der Waals surface area contributed by atoms with Crippen LogP contribution in [0.2, 0.25) is 0 Å². The lowest BCUT2D eigenvalue weighted by atomic mass is 9.63. The minimum absolute atomic E-state index is 0.115. The SMILES string of the molecule is CCc1c(OC)c(OC)cc(Br)c1C1(CN)CCC1. The van der Waals surface area contributed by atoms with Crippen molar-refractivity contribution >= 4 is 15.9 Å². The molecular formula is C15H22BrNO2. The summed E-state index contributed by atoms with van der Waals surface area (Å²) in [6.45, 7) is 2.84. The van der Waals surface area contributed by atoms with Crippen LogP contribution in [0.15, 0.2) is 10.5 Å². The Balaban J connectivity index is 2.66. The van der Waals surface area contributed by atoms with Gasteiger partial charge in [0.05, 0.1) is 14.2 Å². The number of benzene rings is 1. The summed E-state index contributed by atoms with van der Waals surface area (Å²) in [5.74, 6) is 1.63. The summed E-state index contributed by atoms with van der Waals surface area (Å²) in [5, 5.41) is 0. The molecule has 0 unspecified atom stereocenters. The van der Waals surface area contributed by atoms with E-state index in [1.807, 2.05) is 6.07 Å². The second-order valence-electron chi connectivity index (χ2n) is 5.14. The van der Waals surface area contributed by atoms with Gasteiger partial charge in [0, 0.05) is 22.0 Å². The Morgan fingerprint density at radius 3 is 2.37 bits per heavy atom. The van der Waals surface area contributed by atoms with Crippen LogP contribution in [0.4, 0.5) is 0 Å². The highest BCUT2D eigenvalue weighted by Crippen LogP contribution is 2.51. The number of methoxy groups -OCH3 is 2. The van der Waals surface area contributed by atoms with Gasteiger partial charge in [0.25, 0.3) is 0 Å². The van der Waals surface area contributed by atoms with Crippen molar-refractivity contribution < 1.29 is 9.47 Å². The summed E-state index contributed by atoms with van der Waals surface area (Å²) in [7, 11) is 3.37. The third kappa shape index (κ3) is 2.25. The molecule has 19 heavy (non-hydrogen) atoms. The van der Waals surface area contributed by atoms with Gasteiger partial charge in [-0.3, -0.25) is 0 Å². The van der Waals surface area contributed by atoms with E-state index in [1.165, 1.54) is 17.5 Å². The molecule has 106 valence electrons. The monoisotopic (exact) mass is 327 g/mol. The Morgan fingerprint density at radius 1 is 1.32 bits per heavy atom. The van der Waals surface area contributed by atoms with Gasteiger partial charge in [-0.2, -0.15) is 0 Å². The van der Waals surface area contributed by atoms with Crippen molar-refractivity contribution in [3.8, 4) is 11.5 Å². The molecule has 1 fully saturated rings. The zero-order chi connectivity index (χ0) is 14.0. The second kappa shape index (κ2) is 5.71. The molecule has 0 bridgehead atoms. The van der Waals surface area contributed by atoms with Crippen molar-refractivity contribution in [1.29, 1.82) is 0 Å². The molecule has 0 aliphatic heterocycles. The van der Waals surface area contributed by atoms with Gasteiger partial charge < -0.3 is 15.2 Å². The van der Waals surface area contributed by atoms with E-state index in [-0.39, 0.29) is 5.41 Å². The Bertz CT molecular complexity index is 464. The molecule has 1 aromatic carbocycles. The zero-order valence-electron chi connectivity index (χ0n) is 11.9. The lowest BCUT2D eigenvalue weighted by Crippen LogP contribution is -2.42. The average molecular weight is 328 g/mol. The van der Waals surface area contributed by atoms with Gasteiger partial charge in [-0.1, -0.05) is 29.3 Å². The molecule has 0 aromatic heterocycles. The van der Waals surface area contributed by atoms with E-state index >= 15 is 0 Å². The number of nitrogens with two attached hydrogens (primary N) is 1. The first-order valence-corrected chi connectivity index (χ1v) is 7.56. The fourth-order valence-electron chi connectivity index (χ4n) is 3.11. The molecule has 0 heterocycles. The van der Waals surface area contributed by atoms with Gasteiger partial charge in [-0.15, -0.1) is 0 Å². The summed E-state index contributed by atoms with van der Waals surface area (Å²) in [4.78, 5) is 0. The van der Waals surface area contributed by atoms with Gasteiger partial charge in [-0.05, 0) is 30.9 Å². The smallest absolute Gasteiger partial charge is 0.164 e. The van der Waals surface area contributed by atoms with Crippen molar-refractivity contribution in [2.75, 3.05) is 20.8 Å². The van der Waals surface area contributed by atoms with Crippen LogP contribution in [0.25, 0.3) is 0 Å². The van der Waals surface area contributed by atoms with E-state index in [0.717, 1.165) is 35.2 Å². The summed E-state index contributed by atoms with van der Waals surface area (Å²) in [5.41, 5.74) is 8.72. The molecule has 1 saturated carbocycles. The number of hydrogen-bond donors (Lipinski definition) is 1. The minimum Gasteiger partial charge on any atom is -0.493 e. The third-order valence-electron chi connectivity index (χ3n) is 4.31. The molecule has 0 radical (unpaired) electrons. The van der Waals surface area contributed by atoms with E-state index in [1.54, 1.807) is 14.2 Å². The van der Waals surface area contributed by atoms with Crippen molar-refractivity contribution in [2.24, 2.45) is 5.73 Å². The van der Waals surface area contributed by atoms with Crippen molar-refractivity contribution in [3.63, 3.8) is 0 Å². The molecular weight excluding hydrogens is 306 g/mol. The predicted octanol–water partition coefficient (Wildman–Crippen LogP) is 3.41. The normalized spacial score (nSPS) is 16.9. The highest BCUT2D eigenvalue weighted by atomic mass is 79.9. The zero-order valence-corrected chi connectivity index (χ0v) is 13.5. The lowest BCUT2D eigenvalue weighted by Gasteiger charge is -2.43. The Kier molecular flexibility index (Phi) is 4.41. The van der Waals surface area contributed by atoms with Crippen LogP contribution in [-0.2, 0) is 11.8 Å². The van der Waals surface area contributed by atoms with E-state index in [0.29, 0.717) is 6.54 Å². The first-order chi connectivity index (χ1) is 9.13. The van der Waals surface area contributed by atoms with Crippen LogP contribution in [0.1, 0.15) is 37.3 Å². The Labute approximate surface area is 123 Å². The van der Waals surface area contributed by atoms with Crippen molar-refractivity contribution in [3.05, 3.63) is 21.7 Å². The summed E-state index contributed by atoms with van der Waals surface area (Å²) < 4.78 is 12.1. The Hall–Kier alpha value is -0.740. The van der Waals surface area contributed by atoms with Crippen LogP contribution >= 0.6 is 15.9 Å². The van der Waals surface area contributed by atoms with Crippen molar-refractivity contribution in [2.45, 2.75) is 38.0 Å². The third-order valence-corrected chi connectivity index (χ3v) is 4.93. The molecule has 0 atom stereocenters. The van der Waals surface area contributed by atoms with Gasteiger partial charge in [-0.25, -0.2) is 0 Å². The van der Waals surface area contributed by atoms with Crippen molar-refractivity contribution in [1.82, 2.24) is 0 Å². The minimum atomic E-state index is 0.115. The van der Waals surface area contributed by atoms with E-state index in [4.69, 9.17) is 15.2 Å². The number of ether oxygens (including phenoxy) is 2. The van der Waals surface area contributed by atoms with Crippen LogP contribution in [0.5, 0.6) is 11.5 Å². The number of rotatable bonds is 5. The van der Waals surface area contributed by atoms with Crippen LogP contribution in [-0.4, -0.2) is 20.8 Å². The fraction of sp³-hybridized carbons (Fsp3) is 0.600. The topological polar surface area (TPSA) is 44.5 Å². The first-order valence-electron chi connectivity index (χ1n) is 6.77. The van der Waals surface area contributed by atoms with Gasteiger partial charge in [0.2, 0.25) is 0 Å². The van der Waals surface area contributed by atoms with Gasteiger partial charge >= 0.3 is 0 Å². The molecule has 2 N–H and O–H groups in total. The summed E-state index contributed by atoms with van der Waals surface area (Å²) in [6, 6.07) is 2.00. The number of hydrogen-bond acceptors (Lipinski definition) is 3. The van der Waals surface area contributed by atoms with E-state index < -0.39 is 0 Å². The predicted molar refractivity (Wildman–Crippen MR) is 81.2 cm³/mol. The fourth-order valence-corrected chi connectivity index (χ4v) is 3.97. The maximum Gasteiger partial charge on any atom is 0.164 e. The van der Waals surface area contributed by atoms with E-state index in [2.05, 4.69) is 22.9 Å². The standard InChI is InChI=1S/C15H22BrNO2/c1-4-10-13(15(9-17)6-5-7-15)11(16)8-12(18-2)14(10)19-3/h8H,4-7,9,17H2,1-3H3. The molecule has 1 aliphatic rings. The summed E-state index contributed by atoms with van der Waals surface area (Å²) in [6.07, 6.45) is 4.48. The highest BCUT2D eigenvalue weighted by Gasteiger charge is 2.41. The molecule has 0 amide bonds. The molecule has 0 saturated heterocycles. The first kappa shape index (κ1) is 14.7. The molecule has 1 aromatic rings. The lowest BCUT2D eigenvalue weighted by molar-refractivity contribution is 0.248. The molecule has 2 rings (SSSR count).